The van der Waals surface area contributed by atoms with Gasteiger partial charge in [-0.25, -0.2) is 0 Å². The highest BCUT2D eigenvalue weighted by atomic mass is 79.9. The molecule has 1 aromatic carbocycles. The van der Waals surface area contributed by atoms with Gasteiger partial charge in [-0.3, -0.25) is 4.79 Å². The highest BCUT2D eigenvalue weighted by molar-refractivity contribution is 9.10. The average molecular weight is 299 g/mol. The molecule has 0 aliphatic carbocycles. The van der Waals surface area contributed by atoms with Crippen LogP contribution in [0.1, 0.15) is 24.9 Å². The zero-order chi connectivity index (χ0) is 12.4. The Labute approximate surface area is 109 Å². The molecule has 0 radical (unpaired) electrons. The summed E-state index contributed by atoms with van der Waals surface area (Å²) in [5.74, 6) is 0.692. The highest BCUT2D eigenvalue weighted by Gasteiger charge is 2.24. The molecule has 17 heavy (non-hydrogen) atoms. The number of carbonyl (C=O) groups is 1. The fraction of sp³-hybridized carbons (Fsp3) is 0.417. The fourth-order valence-electron chi connectivity index (χ4n) is 1.82. The van der Waals surface area contributed by atoms with Gasteiger partial charge in [0.15, 0.2) is 0 Å². The van der Waals surface area contributed by atoms with Crippen molar-refractivity contribution in [3.8, 4) is 5.75 Å². The number of halogens is 1. The number of hydrogen-bond donors (Lipinski definition) is 2. The van der Waals surface area contributed by atoms with E-state index in [1.807, 2.05) is 18.2 Å². The lowest BCUT2D eigenvalue weighted by molar-refractivity contribution is -0.122. The van der Waals surface area contributed by atoms with Crippen LogP contribution in [-0.4, -0.2) is 18.6 Å². The van der Waals surface area contributed by atoms with E-state index in [1.54, 1.807) is 6.92 Å². The van der Waals surface area contributed by atoms with Crippen molar-refractivity contribution < 1.29 is 9.53 Å². The molecular formula is C12H15BrN2O2. The van der Waals surface area contributed by atoms with Crippen LogP contribution in [0.15, 0.2) is 22.7 Å². The van der Waals surface area contributed by atoms with Crippen LogP contribution in [0.3, 0.4) is 0 Å². The molecule has 5 heteroatoms. The predicted molar refractivity (Wildman–Crippen MR) is 68.8 cm³/mol. The first-order valence-corrected chi connectivity index (χ1v) is 6.35. The molecule has 1 heterocycles. The molecule has 0 spiro atoms. The molecule has 0 fully saturated rings. The van der Waals surface area contributed by atoms with Gasteiger partial charge in [0.1, 0.15) is 5.75 Å². The Morgan fingerprint density at radius 2 is 2.41 bits per heavy atom. The fourth-order valence-corrected chi connectivity index (χ4v) is 2.20. The van der Waals surface area contributed by atoms with Gasteiger partial charge in [-0.1, -0.05) is 15.9 Å². The summed E-state index contributed by atoms with van der Waals surface area (Å²) >= 11 is 3.42. The Hall–Kier alpha value is -1.07. The molecular weight excluding hydrogens is 284 g/mol. The third-order valence-electron chi connectivity index (χ3n) is 2.74. The maximum atomic E-state index is 11.6. The van der Waals surface area contributed by atoms with E-state index in [0.29, 0.717) is 6.61 Å². The lowest BCUT2D eigenvalue weighted by Crippen LogP contribution is -2.41. The number of benzene rings is 1. The second-order valence-corrected chi connectivity index (χ2v) is 5.08. The quantitative estimate of drug-likeness (QED) is 0.874. The maximum Gasteiger partial charge on any atom is 0.237 e. The summed E-state index contributed by atoms with van der Waals surface area (Å²) < 4.78 is 6.52. The second kappa shape index (κ2) is 5.06. The van der Waals surface area contributed by atoms with Crippen molar-refractivity contribution in [3.05, 3.63) is 28.2 Å². The van der Waals surface area contributed by atoms with E-state index in [4.69, 9.17) is 10.5 Å². The number of nitrogens with one attached hydrogen (secondary N) is 1. The van der Waals surface area contributed by atoms with Crippen molar-refractivity contribution in [3.63, 3.8) is 0 Å². The maximum absolute atomic E-state index is 11.6. The molecule has 2 rings (SSSR count). The average Bonchev–Trinajstić information content (AvgIpc) is 2.29. The van der Waals surface area contributed by atoms with Crippen molar-refractivity contribution in [2.24, 2.45) is 5.73 Å². The molecule has 2 atom stereocenters. The van der Waals surface area contributed by atoms with E-state index in [1.165, 1.54) is 0 Å². The molecule has 1 aromatic rings. The van der Waals surface area contributed by atoms with Crippen molar-refractivity contribution in [2.45, 2.75) is 25.4 Å². The minimum atomic E-state index is -0.492. The van der Waals surface area contributed by atoms with Gasteiger partial charge >= 0.3 is 0 Å². The standard InChI is InChI=1S/C12H15BrN2O2/c1-7(14)12(16)15-10-4-5-17-11-3-2-8(13)6-9(10)11/h2-3,6-7,10H,4-5,14H2,1H3,(H,15,16)/t7-,10?/m1/s1. The van der Waals surface area contributed by atoms with Crippen LogP contribution < -0.4 is 15.8 Å². The molecule has 1 aliphatic heterocycles. The molecule has 1 amide bonds. The van der Waals surface area contributed by atoms with E-state index < -0.39 is 6.04 Å². The minimum Gasteiger partial charge on any atom is -0.493 e. The summed E-state index contributed by atoms with van der Waals surface area (Å²) in [4.78, 5) is 11.6. The first-order chi connectivity index (χ1) is 8.08. The number of ether oxygens (including phenoxy) is 1. The van der Waals surface area contributed by atoms with Gasteiger partial charge in [0.2, 0.25) is 5.91 Å². The van der Waals surface area contributed by atoms with Crippen molar-refractivity contribution in [2.75, 3.05) is 6.61 Å². The minimum absolute atomic E-state index is 0.0188. The Bertz CT molecular complexity index is 435. The van der Waals surface area contributed by atoms with Crippen LogP contribution in [0, 0.1) is 0 Å². The number of amides is 1. The number of nitrogens with two attached hydrogens (primary N) is 1. The Morgan fingerprint density at radius 3 is 3.12 bits per heavy atom. The first-order valence-electron chi connectivity index (χ1n) is 5.56. The van der Waals surface area contributed by atoms with E-state index in [9.17, 15) is 4.79 Å². The Morgan fingerprint density at radius 1 is 1.65 bits per heavy atom. The van der Waals surface area contributed by atoms with Gasteiger partial charge in [-0.15, -0.1) is 0 Å². The summed E-state index contributed by atoms with van der Waals surface area (Å²) in [6.07, 6.45) is 0.766. The third kappa shape index (κ3) is 2.79. The van der Waals surface area contributed by atoms with E-state index in [-0.39, 0.29) is 11.9 Å². The van der Waals surface area contributed by atoms with Gasteiger partial charge in [0.05, 0.1) is 18.7 Å². The van der Waals surface area contributed by atoms with Crippen molar-refractivity contribution >= 4 is 21.8 Å². The van der Waals surface area contributed by atoms with Crippen LogP contribution in [0.5, 0.6) is 5.75 Å². The summed E-state index contributed by atoms with van der Waals surface area (Å²) in [6.45, 7) is 2.29. The Kier molecular flexibility index (Phi) is 3.69. The SMILES string of the molecule is C[C@@H](N)C(=O)NC1CCOc2ccc(Br)cc21. The van der Waals surface area contributed by atoms with Crippen LogP contribution in [0.4, 0.5) is 0 Å². The van der Waals surface area contributed by atoms with Gasteiger partial charge in [0.25, 0.3) is 0 Å². The molecule has 4 nitrogen and oxygen atoms in total. The zero-order valence-electron chi connectivity index (χ0n) is 9.57. The summed E-state index contributed by atoms with van der Waals surface area (Å²) in [5, 5.41) is 2.94. The predicted octanol–water partition coefficient (Wildman–Crippen LogP) is 1.74. The summed E-state index contributed by atoms with van der Waals surface area (Å²) in [5.41, 5.74) is 6.55. The summed E-state index contributed by atoms with van der Waals surface area (Å²) in [6, 6.07) is 5.29. The molecule has 3 N–H and O–H groups in total. The Balaban J connectivity index is 2.22. The molecule has 0 saturated heterocycles. The zero-order valence-corrected chi connectivity index (χ0v) is 11.2. The van der Waals surface area contributed by atoms with Crippen LogP contribution in [0.25, 0.3) is 0 Å². The van der Waals surface area contributed by atoms with Gasteiger partial charge in [0, 0.05) is 16.5 Å². The van der Waals surface area contributed by atoms with E-state index in [0.717, 1.165) is 22.2 Å². The molecule has 1 unspecified atom stereocenters. The lowest BCUT2D eigenvalue weighted by atomic mass is 10.0. The first kappa shape index (κ1) is 12.4. The van der Waals surface area contributed by atoms with Crippen LogP contribution in [0.2, 0.25) is 0 Å². The van der Waals surface area contributed by atoms with Gasteiger partial charge < -0.3 is 15.8 Å². The molecule has 1 aliphatic rings. The smallest absolute Gasteiger partial charge is 0.237 e. The topological polar surface area (TPSA) is 64.4 Å². The van der Waals surface area contributed by atoms with Crippen LogP contribution >= 0.6 is 15.9 Å². The summed E-state index contributed by atoms with van der Waals surface area (Å²) in [7, 11) is 0. The number of fused-ring (bicyclic) bond motifs is 1. The monoisotopic (exact) mass is 298 g/mol. The van der Waals surface area contributed by atoms with Gasteiger partial charge in [-0.2, -0.15) is 0 Å². The second-order valence-electron chi connectivity index (χ2n) is 4.17. The van der Waals surface area contributed by atoms with E-state index in [2.05, 4.69) is 21.2 Å². The number of hydrogen-bond acceptors (Lipinski definition) is 3. The van der Waals surface area contributed by atoms with E-state index >= 15 is 0 Å². The normalized spacial score (nSPS) is 20.1. The molecule has 92 valence electrons. The third-order valence-corrected chi connectivity index (χ3v) is 3.23. The highest BCUT2D eigenvalue weighted by Crippen LogP contribution is 2.33. The van der Waals surface area contributed by atoms with Crippen molar-refractivity contribution in [1.29, 1.82) is 0 Å². The molecule has 0 saturated carbocycles. The number of carbonyl (C=O) groups excluding carboxylic acids is 1. The number of rotatable bonds is 2. The molecule has 0 bridgehead atoms. The van der Waals surface area contributed by atoms with Crippen molar-refractivity contribution in [1.82, 2.24) is 5.32 Å². The largest absolute Gasteiger partial charge is 0.493 e. The van der Waals surface area contributed by atoms with Crippen LogP contribution in [-0.2, 0) is 4.79 Å². The van der Waals surface area contributed by atoms with Gasteiger partial charge in [-0.05, 0) is 25.1 Å². The lowest BCUT2D eigenvalue weighted by Gasteiger charge is -2.27. The molecule has 0 aromatic heterocycles.